The molecule has 2 aliphatic rings. The highest BCUT2D eigenvalue weighted by Gasteiger charge is 2.45. The summed E-state index contributed by atoms with van der Waals surface area (Å²) in [6, 6.07) is 5.32. The van der Waals surface area contributed by atoms with Gasteiger partial charge in [-0.15, -0.1) is 0 Å². The second kappa shape index (κ2) is 6.76. The smallest absolute Gasteiger partial charge is 0.243 e. The molecule has 0 N–H and O–H groups in total. The molecule has 2 atom stereocenters. The fraction of sp³-hybridized carbons (Fsp3) is 0.474. The van der Waals surface area contributed by atoms with Crippen LogP contribution in [0.3, 0.4) is 0 Å². The first-order valence-corrected chi connectivity index (χ1v) is 10.5. The third kappa shape index (κ3) is 3.17. The van der Waals surface area contributed by atoms with Gasteiger partial charge in [0.2, 0.25) is 16.0 Å². The Morgan fingerprint density at radius 1 is 1.00 bits per heavy atom. The van der Waals surface area contributed by atoms with Gasteiger partial charge in [0.05, 0.1) is 12.0 Å². The van der Waals surface area contributed by atoms with Crippen molar-refractivity contribution in [3.8, 4) is 5.75 Å². The third-order valence-corrected chi connectivity index (χ3v) is 7.57. The first-order chi connectivity index (χ1) is 12.9. The number of rotatable bonds is 4. The predicted octanol–water partition coefficient (Wildman–Crippen LogP) is 1.86. The topological polar surface area (TPSA) is 75.6 Å². The second-order valence-electron chi connectivity index (χ2n) is 7.38. The van der Waals surface area contributed by atoms with Gasteiger partial charge in [-0.3, -0.25) is 0 Å². The first-order valence-electron chi connectivity index (χ1n) is 9.07. The summed E-state index contributed by atoms with van der Waals surface area (Å²) in [5.41, 5.74) is 1.54. The number of methoxy groups -OCH3 is 1. The number of ether oxygens (including phenoxy) is 1. The molecule has 2 unspecified atom stereocenters. The van der Waals surface area contributed by atoms with E-state index in [0.29, 0.717) is 41.1 Å². The van der Waals surface area contributed by atoms with Crippen LogP contribution < -0.4 is 9.64 Å². The number of hydrogen-bond acceptors (Lipinski definition) is 6. The summed E-state index contributed by atoms with van der Waals surface area (Å²) in [7, 11) is -1.92. The molecular weight excluding hydrogens is 364 g/mol. The highest BCUT2D eigenvalue weighted by atomic mass is 32.2. The minimum Gasteiger partial charge on any atom is -0.496 e. The SMILES string of the molecule is COc1cc(C)c(S(=O)(=O)N2CC3CN(c4ncccn4)CC3C2)cc1C. The molecule has 7 nitrogen and oxygen atoms in total. The van der Waals surface area contributed by atoms with Crippen LogP contribution in [-0.4, -0.2) is 56.0 Å². The van der Waals surface area contributed by atoms with Crippen LogP contribution in [-0.2, 0) is 10.0 Å². The Morgan fingerprint density at radius 3 is 2.22 bits per heavy atom. The summed E-state index contributed by atoms with van der Waals surface area (Å²) in [5, 5.41) is 0. The van der Waals surface area contributed by atoms with Crippen molar-refractivity contribution >= 4 is 16.0 Å². The number of benzene rings is 1. The minimum absolute atomic E-state index is 0.309. The number of sulfonamides is 1. The molecule has 0 amide bonds. The summed E-state index contributed by atoms with van der Waals surface area (Å²) in [6.07, 6.45) is 3.48. The van der Waals surface area contributed by atoms with Crippen LogP contribution in [0.4, 0.5) is 5.95 Å². The van der Waals surface area contributed by atoms with Crippen LogP contribution >= 0.6 is 0 Å². The third-order valence-electron chi connectivity index (χ3n) is 5.60. The lowest BCUT2D eigenvalue weighted by Gasteiger charge is -2.22. The molecule has 0 bridgehead atoms. The molecule has 0 aliphatic carbocycles. The van der Waals surface area contributed by atoms with Gasteiger partial charge in [-0.25, -0.2) is 18.4 Å². The van der Waals surface area contributed by atoms with Gasteiger partial charge in [0.15, 0.2) is 0 Å². The van der Waals surface area contributed by atoms with Crippen molar-refractivity contribution < 1.29 is 13.2 Å². The second-order valence-corrected chi connectivity index (χ2v) is 9.29. The van der Waals surface area contributed by atoms with E-state index in [1.54, 1.807) is 42.0 Å². The van der Waals surface area contributed by atoms with E-state index in [4.69, 9.17) is 4.74 Å². The number of hydrogen-bond donors (Lipinski definition) is 0. The minimum atomic E-state index is -3.51. The number of aryl methyl sites for hydroxylation is 2. The summed E-state index contributed by atoms with van der Waals surface area (Å²) in [4.78, 5) is 11.2. The van der Waals surface area contributed by atoms with Gasteiger partial charge in [0.1, 0.15) is 5.75 Å². The maximum Gasteiger partial charge on any atom is 0.243 e. The number of aromatic nitrogens is 2. The van der Waals surface area contributed by atoms with Crippen LogP contribution in [0.25, 0.3) is 0 Å². The normalized spacial score (nSPS) is 22.9. The standard InChI is InChI=1S/C19H24N4O3S/c1-13-8-18(14(2)7-17(13)26-3)27(24,25)23-11-15-9-22(10-16(15)12-23)19-20-5-4-6-21-19/h4-8,15-16H,9-12H2,1-3H3. The first kappa shape index (κ1) is 18.2. The molecule has 3 heterocycles. The van der Waals surface area contributed by atoms with Gasteiger partial charge >= 0.3 is 0 Å². The summed E-state index contributed by atoms with van der Waals surface area (Å²) in [6.45, 7) is 6.36. The Balaban J connectivity index is 1.53. The summed E-state index contributed by atoms with van der Waals surface area (Å²) < 4.78 is 33.4. The molecular formula is C19H24N4O3S. The van der Waals surface area contributed by atoms with E-state index in [9.17, 15) is 8.42 Å². The Bertz CT molecular complexity index is 935. The Kier molecular flexibility index (Phi) is 4.55. The lowest BCUT2D eigenvalue weighted by atomic mass is 10.0. The Hall–Kier alpha value is -2.19. The van der Waals surface area contributed by atoms with Gasteiger partial charge in [0, 0.05) is 38.6 Å². The van der Waals surface area contributed by atoms with Gasteiger partial charge in [-0.2, -0.15) is 4.31 Å². The van der Waals surface area contributed by atoms with Crippen molar-refractivity contribution in [3.63, 3.8) is 0 Å². The number of anilines is 1. The van der Waals surface area contributed by atoms with E-state index < -0.39 is 10.0 Å². The van der Waals surface area contributed by atoms with Crippen LogP contribution in [0.2, 0.25) is 0 Å². The average molecular weight is 388 g/mol. The van der Waals surface area contributed by atoms with E-state index in [0.717, 1.165) is 24.6 Å². The van der Waals surface area contributed by atoms with Gasteiger partial charge < -0.3 is 9.64 Å². The zero-order valence-corrected chi connectivity index (χ0v) is 16.6. The lowest BCUT2D eigenvalue weighted by molar-refractivity contribution is 0.410. The zero-order chi connectivity index (χ0) is 19.2. The van der Waals surface area contributed by atoms with Crippen molar-refractivity contribution in [3.05, 3.63) is 41.7 Å². The summed E-state index contributed by atoms with van der Waals surface area (Å²) >= 11 is 0. The molecule has 8 heteroatoms. The zero-order valence-electron chi connectivity index (χ0n) is 15.8. The van der Waals surface area contributed by atoms with Crippen LogP contribution in [0, 0.1) is 25.7 Å². The summed E-state index contributed by atoms with van der Waals surface area (Å²) in [5.74, 6) is 2.05. The maximum atomic E-state index is 13.2. The molecule has 2 fully saturated rings. The largest absolute Gasteiger partial charge is 0.496 e. The van der Waals surface area contributed by atoms with E-state index in [1.165, 1.54) is 0 Å². The molecule has 1 aromatic heterocycles. The molecule has 0 spiro atoms. The monoisotopic (exact) mass is 388 g/mol. The van der Waals surface area contributed by atoms with Crippen molar-refractivity contribution in [2.24, 2.45) is 11.8 Å². The Labute approximate surface area is 160 Å². The lowest BCUT2D eigenvalue weighted by Crippen LogP contribution is -2.34. The fourth-order valence-corrected chi connectivity index (χ4v) is 6.01. The number of fused-ring (bicyclic) bond motifs is 1. The van der Waals surface area contributed by atoms with Crippen molar-refractivity contribution in [2.75, 3.05) is 38.2 Å². The average Bonchev–Trinajstić information content (AvgIpc) is 3.23. The van der Waals surface area contributed by atoms with Crippen molar-refractivity contribution in [2.45, 2.75) is 18.7 Å². The highest BCUT2D eigenvalue weighted by Crippen LogP contribution is 2.36. The quantitative estimate of drug-likeness (QED) is 0.796. The molecule has 4 rings (SSSR count). The van der Waals surface area contributed by atoms with Crippen LogP contribution in [0.1, 0.15) is 11.1 Å². The van der Waals surface area contributed by atoms with Crippen molar-refractivity contribution in [1.29, 1.82) is 0 Å². The highest BCUT2D eigenvalue weighted by molar-refractivity contribution is 7.89. The van der Waals surface area contributed by atoms with E-state index in [-0.39, 0.29) is 0 Å². The molecule has 1 aromatic carbocycles. The van der Waals surface area contributed by atoms with Gasteiger partial charge in [-0.1, -0.05) is 0 Å². The molecule has 0 saturated carbocycles. The molecule has 27 heavy (non-hydrogen) atoms. The van der Waals surface area contributed by atoms with E-state index in [2.05, 4.69) is 14.9 Å². The molecule has 2 aromatic rings. The molecule has 2 saturated heterocycles. The number of nitrogens with zero attached hydrogens (tertiary/aromatic N) is 4. The van der Waals surface area contributed by atoms with E-state index >= 15 is 0 Å². The van der Waals surface area contributed by atoms with E-state index in [1.807, 2.05) is 13.8 Å². The fourth-order valence-electron chi connectivity index (χ4n) is 4.16. The molecule has 144 valence electrons. The maximum absolute atomic E-state index is 13.2. The Morgan fingerprint density at radius 2 is 1.63 bits per heavy atom. The van der Waals surface area contributed by atoms with Crippen LogP contribution in [0.15, 0.2) is 35.5 Å². The van der Waals surface area contributed by atoms with Crippen LogP contribution in [0.5, 0.6) is 5.75 Å². The van der Waals surface area contributed by atoms with Crippen molar-refractivity contribution in [1.82, 2.24) is 14.3 Å². The molecule has 2 aliphatic heterocycles. The van der Waals surface area contributed by atoms with Gasteiger partial charge in [0.25, 0.3) is 0 Å². The molecule has 0 radical (unpaired) electrons. The predicted molar refractivity (Wildman–Crippen MR) is 102 cm³/mol. The van der Waals surface area contributed by atoms with Gasteiger partial charge in [-0.05, 0) is 55.0 Å².